The van der Waals surface area contributed by atoms with Crippen molar-refractivity contribution in [2.45, 2.75) is 52.0 Å². The highest BCUT2D eigenvalue weighted by molar-refractivity contribution is 7.82. The molecule has 0 aromatic heterocycles. The average molecular weight is 381 g/mol. The topological polar surface area (TPSA) is 64.7 Å². The molecule has 2 aliphatic rings. The number of rotatable bonds is 6. The van der Waals surface area contributed by atoms with Gasteiger partial charge in [-0.3, -0.25) is 9.59 Å². The number of hydrogen-bond acceptors (Lipinski definition) is 4. The number of allylic oxidation sites excluding steroid dienone is 1. The zero-order valence-electron chi connectivity index (χ0n) is 16.2. The van der Waals surface area contributed by atoms with Crippen molar-refractivity contribution in [1.29, 1.82) is 0 Å². The van der Waals surface area contributed by atoms with E-state index in [0.717, 1.165) is 57.4 Å². The summed E-state index contributed by atoms with van der Waals surface area (Å²) in [6, 6.07) is -0.0180. The Balaban J connectivity index is 1.78. The van der Waals surface area contributed by atoms with Crippen LogP contribution >= 0.6 is 12.2 Å². The highest BCUT2D eigenvalue weighted by Gasteiger charge is 2.32. The van der Waals surface area contributed by atoms with Crippen LogP contribution in [0.3, 0.4) is 0 Å². The molecule has 1 heterocycles. The van der Waals surface area contributed by atoms with Gasteiger partial charge < -0.3 is 20.4 Å². The van der Waals surface area contributed by atoms with E-state index in [1.165, 1.54) is 0 Å². The maximum Gasteiger partial charge on any atom is 0.279 e. The van der Waals surface area contributed by atoms with Crippen molar-refractivity contribution in [1.82, 2.24) is 20.4 Å². The minimum atomic E-state index is -0.264. The number of carbonyl (C=O) groups is 2. The lowest BCUT2D eigenvalue weighted by Gasteiger charge is -2.37. The summed E-state index contributed by atoms with van der Waals surface area (Å²) in [6.07, 6.45) is 7.01. The monoisotopic (exact) mass is 380 g/mol. The van der Waals surface area contributed by atoms with Gasteiger partial charge in [0.05, 0.1) is 0 Å². The van der Waals surface area contributed by atoms with E-state index < -0.39 is 0 Å². The third-order valence-corrected chi connectivity index (χ3v) is 5.58. The van der Waals surface area contributed by atoms with Crippen LogP contribution in [0.25, 0.3) is 0 Å². The molecular weight excluding hydrogens is 348 g/mol. The molecule has 1 saturated carbocycles. The molecule has 6 nitrogen and oxygen atoms in total. The molecule has 146 valence electrons. The van der Waals surface area contributed by atoms with Crippen LogP contribution in [0.5, 0.6) is 0 Å². The average Bonchev–Trinajstić information content (AvgIpc) is 2.58. The smallest absolute Gasteiger partial charge is 0.279 e. The number of amides is 2. The van der Waals surface area contributed by atoms with Crippen molar-refractivity contribution in [3.63, 3.8) is 0 Å². The Hall–Kier alpha value is -1.47. The first-order valence-electron chi connectivity index (χ1n) is 9.66. The Labute approximate surface area is 162 Å². The fourth-order valence-corrected chi connectivity index (χ4v) is 3.39. The molecule has 2 rings (SSSR count). The van der Waals surface area contributed by atoms with Crippen LogP contribution in [-0.2, 0) is 9.59 Å². The number of piperidine rings is 1. The summed E-state index contributed by atoms with van der Waals surface area (Å²) < 4.78 is 0. The van der Waals surface area contributed by atoms with Crippen LogP contribution in [0.1, 0.15) is 46.0 Å². The number of nitrogens with one attached hydrogen (secondary N) is 2. The van der Waals surface area contributed by atoms with Gasteiger partial charge in [0.1, 0.15) is 0 Å². The summed E-state index contributed by atoms with van der Waals surface area (Å²) in [6.45, 7) is 7.17. The van der Waals surface area contributed by atoms with Gasteiger partial charge in [0.25, 0.3) is 5.91 Å². The molecule has 0 unspecified atom stereocenters. The number of likely N-dealkylation sites (N-methyl/N-ethyl adjacent to an activating group) is 1. The molecule has 0 aromatic rings. The molecule has 1 atom stereocenters. The molecule has 26 heavy (non-hydrogen) atoms. The molecule has 2 fully saturated rings. The second kappa shape index (κ2) is 10.0. The zero-order valence-corrected chi connectivity index (χ0v) is 17.0. The zero-order chi connectivity index (χ0) is 19.1. The highest BCUT2D eigenvalue weighted by atomic mass is 32.1. The molecule has 1 saturated heterocycles. The van der Waals surface area contributed by atoms with Gasteiger partial charge in [0.2, 0.25) is 5.91 Å². The molecule has 7 heteroatoms. The van der Waals surface area contributed by atoms with E-state index in [-0.39, 0.29) is 28.8 Å². The Morgan fingerprint density at radius 3 is 2.62 bits per heavy atom. The Morgan fingerprint density at radius 2 is 2.00 bits per heavy atom. The van der Waals surface area contributed by atoms with Crippen LogP contribution in [0.15, 0.2) is 11.8 Å². The SMILES string of the molecule is CCN(C)C/C=C(\C)NC(=S)C(=O)N[C@H]1CCCN(C(=O)C2CCC2)C1. The van der Waals surface area contributed by atoms with Crippen molar-refractivity contribution >= 4 is 29.0 Å². The standard InChI is InChI=1S/C19H32N4O2S/c1-4-22(3)12-10-14(2)20-18(26)17(24)21-16-9-6-11-23(13-16)19(25)15-7-5-8-15/h10,15-16H,4-9,11-13H2,1-3H3,(H,20,26)(H,21,24)/b14-10+/t16-/m0/s1. The van der Waals surface area contributed by atoms with Gasteiger partial charge in [0, 0.05) is 37.3 Å². The van der Waals surface area contributed by atoms with E-state index in [1.54, 1.807) is 0 Å². The maximum absolute atomic E-state index is 12.4. The van der Waals surface area contributed by atoms with Crippen molar-refractivity contribution in [2.24, 2.45) is 5.92 Å². The van der Waals surface area contributed by atoms with E-state index in [2.05, 4.69) is 22.5 Å². The van der Waals surface area contributed by atoms with Crippen LogP contribution in [0.2, 0.25) is 0 Å². The first-order chi connectivity index (χ1) is 12.4. The Morgan fingerprint density at radius 1 is 1.27 bits per heavy atom. The van der Waals surface area contributed by atoms with Gasteiger partial charge in [-0.05, 0) is 46.2 Å². The van der Waals surface area contributed by atoms with Crippen LogP contribution in [0.4, 0.5) is 0 Å². The minimum Gasteiger partial charge on any atom is -0.346 e. The predicted octanol–water partition coefficient (Wildman–Crippen LogP) is 1.67. The van der Waals surface area contributed by atoms with Gasteiger partial charge in [-0.2, -0.15) is 0 Å². The number of carbonyl (C=O) groups excluding carboxylic acids is 2. The van der Waals surface area contributed by atoms with E-state index >= 15 is 0 Å². The Bertz CT molecular complexity index is 560. The fraction of sp³-hybridized carbons (Fsp3) is 0.737. The molecular formula is C19H32N4O2S. The molecule has 0 bridgehead atoms. The highest BCUT2D eigenvalue weighted by Crippen LogP contribution is 2.29. The summed E-state index contributed by atoms with van der Waals surface area (Å²) in [7, 11) is 2.04. The van der Waals surface area contributed by atoms with E-state index in [1.807, 2.05) is 24.9 Å². The molecule has 0 radical (unpaired) electrons. The molecule has 0 spiro atoms. The summed E-state index contributed by atoms with van der Waals surface area (Å²) in [4.78, 5) is 29.0. The third kappa shape index (κ3) is 6.06. The van der Waals surface area contributed by atoms with Gasteiger partial charge in [-0.1, -0.05) is 31.6 Å². The van der Waals surface area contributed by atoms with Gasteiger partial charge >= 0.3 is 0 Å². The van der Waals surface area contributed by atoms with Crippen molar-refractivity contribution in [3.8, 4) is 0 Å². The number of nitrogens with zero attached hydrogens (tertiary/aromatic N) is 2. The first-order valence-corrected chi connectivity index (χ1v) is 10.1. The first kappa shape index (κ1) is 20.8. The van der Waals surface area contributed by atoms with Crippen LogP contribution < -0.4 is 10.6 Å². The number of hydrogen-bond donors (Lipinski definition) is 2. The largest absolute Gasteiger partial charge is 0.346 e. The lowest BCUT2D eigenvalue weighted by atomic mass is 9.84. The van der Waals surface area contributed by atoms with Gasteiger partial charge in [-0.25, -0.2) is 0 Å². The van der Waals surface area contributed by atoms with E-state index in [9.17, 15) is 9.59 Å². The molecule has 2 amide bonds. The normalized spacial score (nSPS) is 21.3. The quantitative estimate of drug-likeness (QED) is 0.686. The maximum atomic E-state index is 12.4. The van der Waals surface area contributed by atoms with E-state index in [0.29, 0.717) is 6.54 Å². The lowest BCUT2D eigenvalue weighted by molar-refractivity contribution is -0.140. The van der Waals surface area contributed by atoms with Crippen molar-refractivity contribution in [3.05, 3.63) is 11.8 Å². The molecule has 1 aliphatic heterocycles. The van der Waals surface area contributed by atoms with Crippen LogP contribution in [-0.4, -0.2) is 65.9 Å². The predicted molar refractivity (Wildman–Crippen MR) is 108 cm³/mol. The Kier molecular flexibility index (Phi) is 8.03. The van der Waals surface area contributed by atoms with Gasteiger partial charge in [0.15, 0.2) is 4.99 Å². The summed E-state index contributed by atoms with van der Waals surface area (Å²) in [5.74, 6) is 0.204. The lowest BCUT2D eigenvalue weighted by Crippen LogP contribution is -2.53. The third-order valence-electron chi connectivity index (χ3n) is 5.29. The summed E-state index contributed by atoms with van der Waals surface area (Å²) in [5, 5.41) is 5.98. The molecule has 1 aliphatic carbocycles. The van der Waals surface area contributed by atoms with Crippen molar-refractivity contribution in [2.75, 3.05) is 33.2 Å². The summed E-state index contributed by atoms with van der Waals surface area (Å²) >= 11 is 5.22. The second-order valence-corrected chi connectivity index (χ2v) is 7.83. The second-order valence-electron chi connectivity index (χ2n) is 7.42. The fourth-order valence-electron chi connectivity index (χ4n) is 3.17. The minimum absolute atomic E-state index is 0.0180. The van der Waals surface area contributed by atoms with Crippen LogP contribution in [0, 0.1) is 5.92 Å². The number of thiocarbonyl (C=S) groups is 1. The summed E-state index contributed by atoms with van der Waals surface area (Å²) in [5.41, 5.74) is 0.871. The van der Waals surface area contributed by atoms with Gasteiger partial charge in [-0.15, -0.1) is 0 Å². The van der Waals surface area contributed by atoms with E-state index in [4.69, 9.17) is 12.2 Å². The molecule has 2 N–H and O–H groups in total. The molecule has 0 aromatic carbocycles. The van der Waals surface area contributed by atoms with Crippen molar-refractivity contribution < 1.29 is 9.59 Å². The number of likely N-dealkylation sites (tertiary alicyclic amines) is 1.